The minimum Gasteiger partial charge on any atom is -0.481 e. The summed E-state index contributed by atoms with van der Waals surface area (Å²) in [6, 6.07) is 0. The summed E-state index contributed by atoms with van der Waals surface area (Å²) >= 11 is 0. The number of carbonyl (C=O) groups excluding carboxylic acids is 1. The standard InChI is InChI=1S/C17H28O11/c1-5-9(19)15(8(4)18,12(22)23)17(28,14(26)27)16(13(24)25,10(20)6-2)11(21)7-3/h9-11,19-21,28H,5-7H2,1-4H3,(H,22,23)(H,24,25)(H,26,27). The van der Waals surface area contributed by atoms with Gasteiger partial charge in [-0.25, -0.2) is 4.79 Å². The third-order valence-corrected chi connectivity index (χ3v) is 5.44. The van der Waals surface area contributed by atoms with E-state index in [-0.39, 0.29) is 0 Å². The van der Waals surface area contributed by atoms with Gasteiger partial charge in [-0.15, -0.1) is 0 Å². The summed E-state index contributed by atoms with van der Waals surface area (Å²) < 4.78 is 0. The van der Waals surface area contributed by atoms with Crippen LogP contribution in [0, 0.1) is 10.8 Å². The van der Waals surface area contributed by atoms with Gasteiger partial charge in [0.05, 0.1) is 18.3 Å². The molecule has 5 unspecified atom stereocenters. The molecular formula is C17H28O11. The number of aliphatic hydroxyl groups is 4. The number of hydrogen-bond donors (Lipinski definition) is 7. The molecule has 0 aromatic carbocycles. The highest BCUT2D eigenvalue weighted by Gasteiger charge is 2.81. The molecule has 28 heavy (non-hydrogen) atoms. The van der Waals surface area contributed by atoms with Crippen LogP contribution >= 0.6 is 0 Å². The molecule has 0 aliphatic carbocycles. The number of ketones is 1. The molecule has 0 rings (SSSR count). The van der Waals surface area contributed by atoms with Crippen LogP contribution in [0.15, 0.2) is 0 Å². The fourth-order valence-corrected chi connectivity index (χ4v) is 3.94. The fourth-order valence-electron chi connectivity index (χ4n) is 3.94. The minimum absolute atomic E-state index is 0.519. The van der Waals surface area contributed by atoms with Gasteiger partial charge in [0, 0.05) is 0 Å². The quantitative estimate of drug-likeness (QED) is 0.192. The van der Waals surface area contributed by atoms with E-state index in [1.807, 2.05) is 0 Å². The highest BCUT2D eigenvalue weighted by Crippen LogP contribution is 2.53. The molecule has 0 amide bonds. The second-order valence-electron chi connectivity index (χ2n) is 6.63. The Morgan fingerprint density at radius 3 is 1.25 bits per heavy atom. The van der Waals surface area contributed by atoms with Crippen LogP contribution in [-0.4, -0.2) is 83.3 Å². The van der Waals surface area contributed by atoms with Gasteiger partial charge in [-0.2, -0.15) is 0 Å². The molecule has 0 heterocycles. The number of carbonyl (C=O) groups is 4. The van der Waals surface area contributed by atoms with Crippen molar-refractivity contribution < 1.29 is 54.9 Å². The van der Waals surface area contributed by atoms with E-state index >= 15 is 0 Å². The second kappa shape index (κ2) is 8.95. The first-order valence-electron chi connectivity index (χ1n) is 8.70. The largest absolute Gasteiger partial charge is 0.481 e. The van der Waals surface area contributed by atoms with Crippen LogP contribution in [0.4, 0.5) is 0 Å². The Kier molecular flexibility index (Phi) is 8.28. The molecule has 11 heteroatoms. The Balaban J connectivity index is 7.85. The topological polar surface area (TPSA) is 210 Å². The predicted octanol–water partition coefficient (Wildman–Crippen LogP) is -1.15. The second-order valence-corrected chi connectivity index (χ2v) is 6.63. The van der Waals surface area contributed by atoms with Crippen molar-refractivity contribution in [3.8, 4) is 0 Å². The van der Waals surface area contributed by atoms with Crippen LogP contribution in [0.1, 0.15) is 47.0 Å². The minimum atomic E-state index is -4.12. The normalized spacial score (nSPS) is 21.3. The van der Waals surface area contributed by atoms with Crippen molar-refractivity contribution in [3.05, 3.63) is 0 Å². The Bertz CT molecular complexity index is 605. The zero-order chi connectivity index (χ0) is 22.7. The predicted molar refractivity (Wildman–Crippen MR) is 92.3 cm³/mol. The highest BCUT2D eigenvalue weighted by atomic mass is 16.4. The number of carboxylic acids is 3. The summed E-state index contributed by atoms with van der Waals surface area (Å²) in [6.07, 6.45) is -8.52. The van der Waals surface area contributed by atoms with Gasteiger partial charge in [0.15, 0.2) is 16.6 Å². The average molecular weight is 408 g/mol. The van der Waals surface area contributed by atoms with Crippen molar-refractivity contribution in [3.63, 3.8) is 0 Å². The molecule has 11 nitrogen and oxygen atoms in total. The fraction of sp³-hybridized carbons (Fsp3) is 0.765. The lowest BCUT2D eigenvalue weighted by Gasteiger charge is -2.53. The van der Waals surface area contributed by atoms with E-state index in [4.69, 9.17) is 0 Å². The lowest BCUT2D eigenvalue weighted by molar-refractivity contribution is -0.261. The summed E-state index contributed by atoms with van der Waals surface area (Å²) in [6.45, 7) is 4.17. The van der Waals surface area contributed by atoms with Crippen molar-refractivity contribution in [2.24, 2.45) is 10.8 Å². The van der Waals surface area contributed by atoms with E-state index in [0.717, 1.165) is 0 Å². The molecule has 0 aromatic heterocycles. The molecule has 162 valence electrons. The van der Waals surface area contributed by atoms with Gasteiger partial charge in [0.25, 0.3) is 0 Å². The lowest BCUT2D eigenvalue weighted by Crippen LogP contribution is -2.79. The number of aliphatic carboxylic acids is 3. The lowest BCUT2D eigenvalue weighted by atomic mass is 9.50. The molecular weight excluding hydrogens is 380 g/mol. The Morgan fingerprint density at radius 1 is 0.714 bits per heavy atom. The molecule has 0 aromatic rings. The van der Waals surface area contributed by atoms with Gasteiger partial charge < -0.3 is 35.7 Å². The van der Waals surface area contributed by atoms with E-state index < -0.39 is 77.7 Å². The smallest absolute Gasteiger partial charge is 0.338 e. The van der Waals surface area contributed by atoms with E-state index in [9.17, 15) is 54.9 Å². The van der Waals surface area contributed by atoms with E-state index in [0.29, 0.717) is 6.92 Å². The van der Waals surface area contributed by atoms with Crippen molar-refractivity contribution in [1.29, 1.82) is 0 Å². The zero-order valence-corrected chi connectivity index (χ0v) is 16.1. The number of carboxylic acid groups (broad SMARTS) is 3. The molecule has 0 bridgehead atoms. The number of hydrogen-bond acceptors (Lipinski definition) is 8. The summed E-state index contributed by atoms with van der Waals surface area (Å²) in [5.74, 6) is -8.61. The van der Waals surface area contributed by atoms with E-state index in [2.05, 4.69) is 0 Å². The van der Waals surface area contributed by atoms with Crippen LogP contribution in [-0.2, 0) is 19.2 Å². The Labute approximate surface area is 161 Å². The van der Waals surface area contributed by atoms with Crippen molar-refractivity contribution in [1.82, 2.24) is 0 Å². The van der Waals surface area contributed by atoms with Gasteiger partial charge in [0.1, 0.15) is 0 Å². The zero-order valence-electron chi connectivity index (χ0n) is 16.1. The maximum atomic E-state index is 12.4. The van der Waals surface area contributed by atoms with Crippen LogP contribution in [0.5, 0.6) is 0 Å². The van der Waals surface area contributed by atoms with Crippen LogP contribution in [0.25, 0.3) is 0 Å². The van der Waals surface area contributed by atoms with Crippen LogP contribution in [0.2, 0.25) is 0 Å². The van der Waals surface area contributed by atoms with Crippen molar-refractivity contribution >= 4 is 23.7 Å². The molecule has 0 aliphatic rings. The van der Waals surface area contributed by atoms with E-state index in [1.165, 1.54) is 20.8 Å². The summed E-state index contributed by atoms with van der Waals surface area (Å²) in [5.41, 5.74) is -11.2. The number of Topliss-reactive ketones (excluding diaryl/α,β-unsaturated/α-hetero) is 1. The van der Waals surface area contributed by atoms with Crippen molar-refractivity contribution in [2.75, 3.05) is 0 Å². The van der Waals surface area contributed by atoms with Crippen molar-refractivity contribution in [2.45, 2.75) is 70.9 Å². The Morgan fingerprint density at radius 2 is 1.07 bits per heavy atom. The first-order valence-corrected chi connectivity index (χ1v) is 8.70. The number of rotatable bonds is 12. The molecule has 0 fully saturated rings. The van der Waals surface area contributed by atoms with Gasteiger partial charge in [-0.3, -0.25) is 14.4 Å². The summed E-state index contributed by atoms with van der Waals surface area (Å²) in [5, 5.41) is 72.0. The van der Waals surface area contributed by atoms with Crippen LogP contribution in [0.3, 0.4) is 0 Å². The van der Waals surface area contributed by atoms with Gasteiger partial charge in [-0.05, 0) is 26.2 Å². The first kappa shape index (κ1) is 25.9. The Hall–Kier alpha value is -2.08. The monoisotopic (exact) mass is 408 g/mol. The summed E-state index contributed by atoms with van der Waals surface area (Å²) in [7, 11) is 0. The average Bonchev–Trinajstić information content (AvgIpc) is 2.60. The van der Waals surface area contributed by atoms with Gasteiger partial charge in [-0.1, -0.05) is 20.8 Å². The van der Waals surface area contributed by atoms with E-state index in [1.54, 1.807) is 0 Å². The third-order valence-electron chi connectivity index (χ3n) is 5.44. The molecule has 0 saturated carbocycles. The maximum absolute atomic E-state index is 12.4. The van der Waals surface area contributed by atoms with Gasteiger partial charge in [0.2, 0.25) is 5.60 Å². The summed E-state index contributed by atoms with van der Waals surface area (Å²) in [4.78, 5) is 49.0. The molecule has 0 spiro atoms. The molecule has 0 radical (unpaired) electrons. The molecule has 0 saturated heterocycles. The maximum Gasteiger partial charge on any atom is 0.338 e. The van der Waals surface area contributed by atoms with Crippen LogP contribution < -0.4 is 0 Å². The SMILES string of the molecule is CCC(O)C(C(C)=O)(C(=O)O)C(O)(C(=O)O)C(C(=O)O)(C(O)CC)C(O)CC. The third kappa shape index (κ3) is 3.08. The molecule has 0 aliphatic heterocycles. The molecule has 5 atom stereocenters. The number of aliphatic hydroxyl groups excluding tert-OH is 3. The molecule has 7 N–H and O–H groups in total. The highest BCUT2D eigenvalue weighted by molar-refractivity contribution is 6.11. The van der Waals surface area contributed by atoms with Gasteiger partial charge >= 0.3 is 17.9 Å². The first-order chi connectivity index (χ1) is 12.7.